The van der Waals surface area contributed by atoms with Crippen LogP contribution in [0.15, 0.2) is 47.6 Å². The van der Waals surface area contributed by atoms with Crippen molar-refractivity contribution >= 4 is 35.6 Å². The van der Waals surface area contributed by atoms with Crippen LogP contribution in [0.4, 0.5) is 0 Å². The molecule has 6 nitrogen and oxygen atoms in total. The number of fused-ring (bicyclic) bond motifs is 1. The Morgan fingerprint density at radius 2 is 1.97 bits per heavy atom. The average Bonchev–Trinajstić information content (AvgIpc) is 3.45. The average molecular weight is 519 g/mol. The van der Waals surface area contributed by atoms with E-state index in [0.717, 1.165) is 41.1 Å². The van der Waals surface area contributed by atoms with Crippen LogP contribution in [0.3, 0.4) is 0 Å². The molecule has 1 saturated carbocycles. The fraction of sp³-hybridized carbons (Fsp3) is 0.391. The summed E-state index contributed by atoms with van der Waals surface area (Å²) in [6.45, 7) is 6.26. The highest BCUT2D eigenvalue weighted by atomic mass is 127. The Hall–Kier alpha value is -2.29. The van der Waals surface area contributed by atoms with Crippen molar-refractivity contribution in [2.24, 2.45) is 10.9 Å². The molecule has 0 amide bonds. The van der Waals surface area contributed by atoms with Gasteiger partial charge in [0.15, 0.2) is 5.96 Å². The molecule has 0 unspecified atom stereocenters. The maximum absolute atomic E-state index is 6.07. The Bertz CT molecular complexity index is 1030. The highest BCUT2D eigenvalue weighted by molar-refractivity contribution is 14.0. The smallest absolute Gasteiger partial charge is 0.191 e. The number of aromatic nitrogens is 2. The second-order valence-electron chi connectivity index (χ2n) is 7.77. The Labute approximate surface area is 195 Å². The van der Waals surface area contributed by atoms with Gasteiger partial charge < -0.3 is 19.8 Å². The van der Waals surface area contributed by atoms with Crippen LogP contribution in [0, 0.1) is 19.8 Å². The third kappa shape index (κ3) is 5.65. The first kappa shape index (κ1) is 22.4. The molecule has 160 valence electrons. The fourth-order valence-electron chi connectivity index (χ4n) is 3.29. The van der Waals surface area contributed by atoms with Crippen molar-refractivity contribution in [1.82, 2.24) is 20.0 Å². The number of ether oxygens (including phenoxy) is 1. The minimum Gasteiger partial charge on any atom is -0.493 e. The first-order valence-corrected chi connectivity index (χ1v) is 10.2. The number of halogens is 1. The summed E-state index contributed by atoms with van der Waals surface area (Å²) >= 11 is 0. The minimum atomic E-state index is 0. The molecule has 1 fully saturated rings. The van der Waals surface area contributed by atoms with Gasteiger partial charge in [0, 0.05) is 31.0 Å². The van der Waals surface area contributed by atoms with Crippen LogP contribution >= 0.6 is 24.0 Å². The number of pyridine rings is 1. The number of benzene rings is 1. The fourth-order valence-corrected chi connectivity index (χ4v) is 3.29. The lowest BCUT2D eigenvalue weighted by atomic mass is 10.1. The normalized spacial score (nSPS) is 13.8. The van der Waals surface area contributed by atoms with E-state index in [2.05, 4.69) is 69.3 Å². The molecule has 0 atom stereocenters. The summed E-state index contributed by atoms with van der Waals surface area (Å²) in [6.07, 6.45) is 4.64. The van der Waals surface area contributed by atoms with Crippen molar-refractivity contribution in [1.29, 1.82) is 0 Å². The minimum absolute atomic E-state index is 0. The molecule has 0 aliphatic heterocycles. The van der Waals surface area contributed by atoms with E-state index >= 15 is 0 Å². The van der Waals surface area contributed by atoms with Crippen molar-refractivity contribution in [2.75, 3.05) is 13.7 Å². The van der Waals surface area contributed by atoms with Crippen molar-refractivity contribution in [3.8, 4) is 5.75 Å². The molecule has 1 aliphatic rings. The van der Waals surface area contributed by atoms with Crippen LogP contribution in [0.2, 0.25) is 0 Å². The van der Waals surface area contributed by atoms with Gasteiger partial charge in [0.2, 0.25) is 0 Å². The Kier molecular flexibility index (Phi) is 7.58. The molecule has 2 heterocycles. The third-order valence-electron chi connectivity index (χ3n) is 5.25. The number of nitrogens with one attached hydrogen (secondary N) is 2. The number of guanidine groups is 1. The number of rotatable bonds is 7. The molecular weight excluding hydrogens is 489 g/mol. The van der Waals surface area contributed by atoms with Gasteiger partial charge in [-0.05, 0) is 56.4 Å². The molecule has 30 heavy (non-hydrogen) atoms. The molecule has 2 aromatic heterocycles. The van der Waals surface area contributed by atoms with E-state index in [1.807, 2.05) is 12.1 Å². The second kappa shape index (κ2) is 10.1. The second-order valence-corrected chi connectivity index (χ2v) is 7.77. The number of aliphatic imine (C=N–C) groups is 1. The van der Waals surface area contributed by atoms with E-state index < -0.39 is 0 Å². The van der Waals surface area contributed by atoms with E-state index in [1.165, 1.54) is 24.1 Å². The van der Waals surface area contributed by atoms with Gasteiger partial charge in [-0.1, -0.05) is 18.2 Å². The largest absolute Gasteiger partial charge is 0.493 e. The molecule has 4 rings (SSSR count). The van der Waals surface area contributed by atoms with Crippen molar-refractivity contribution in [3.63, 3.8) is 0 Å². The SMILES string of the molecule is CN=C(NCc1cn2c(C)cccc2n1)NCc1ccc(C)cc1OCC1CC1.I. The Balaban J connectivity index is 0.00000256. The monoisotopic (exact) mass is 519 g/mol. The summed E-state index contributed by atoms with van der Waals surface area (Å²) in [5.41, 5.74) is 5.46. The first-order chi connectivity index (χ1) is 14.1. The van der Waals surface area contributed by atoms with Crippen LogP contribution in [0.1, 0.15) is 35.4 Å². The summed E-state index contributed by atoms with van der Waals surface area (Å²) < 4.78 is 8.17. The highest BCUT2D eigenvalue weighted by Gasteiger charge is 2.22. The van der Waals surface area contributed by atoms with Crippen LogP contribution in [0.25, 0.3) is 5.65 Å². The van der Waals surface area contributed by atoms with E-state index in [-0.39, 0.29) is 24.0 Å². The first-order valence-electron chi connectivity index (χ1n) is 10.2. The Morgan fingerprint density at radius 1 is 1.17 bits per heavy atom. The number of hydrogen-bond acceptors (Lipinski definition) is 3. The van der Waals surface area contributed by atoms with Gasteiger partial charge in [0.05, 0.1) is 18.8 Å². The lowest BCUT2D eigenvalue weighted by Gasteiger charge is -2.15. The number of hydrogen-bond donors (Lipinski definition) is 2. The van der Waals surface area contributed by atoms with Crippen LogP contribution in [-0.2, 0) is 13.1 Å². The van der Waals surface area contributed by atoms with Crippen molar-refractivity contribution < 1.29 is 4.74 Å². The van der Waals surface area contributed by atoms with Crippen molar-refractivity contribution in [3.05, 3.63) is 65.1 Å². The molecular formula is C23H30IN5O. The zero-order chi connectivity index (χ0) is 20.2. The predicted octanol–water partition coefficient (Wildman–Crippen LogP) is 4.22. The molecule has 7 heteroatoms. The van der Waals surface area contributed by atoms with E-state index in [9.17, 15) is 0 Å². The molecule has 3 aromatic rings. The summed E-state index contributed by atoms with van der Waals surface area (Å²) in [6, 6.07) is 12.5. The molecule has 0 bridgehead atoms. The molecule has 0 spiro atoms. The maximum Gasteiger partial charge on any atom is 0.191 e. The van der Waals surface area contributed by atoms with Crippen LogP contribution in [-0.4, -0.2) is 29.0 Å². The van der Waals surface area contributed by atoms with Gasteiger partial charge in [-0.3, -0.25) is 4.99 Å². The van der Waals surface area contributed by atoms with Gasteiger partial charge in [0.25, 0.3) is 0 Å². The van der Waals surface area contributed by atoms with Gasteiger partial charge in [-0.2, -0.15) is 0 Å². The van der Waals surface area contributed by atoms with Gasteiger partial charge in [-0.15, -0.1) is 24.0 Å². The Morgan fingerprint density at radius 3 is 2.70 bits per heavy atom. The quantitative estimate of drug-likeness (QED) is 0.279. The molecule has 1 aromatic carbocycles. The van der Waals surface area contributed by atoms with Gasteiger partial charge >= 0.3 is 0 Å². The summed E-state index contributed by atoms with van der Waals surface area (Å²) in [7, 11) is 1.78. The topological polar surface area (TPSA) is 63.0 Å². The van der Waals surface area contributed by atoms with Crippen molar-refractivity contribution in [2.45, 2.75) is 39.8 Å². The molecule has 0 saturated heterocycles. The number of imidazole rings is 1. The zero-order valence-electron chi connectivity index (χ0n) is 17.8. The lowest BCUT2D eigenvalue weighted by Crippen LogP contribution is -2.36. The van der Waals surface area contributed by atoms with E-state index in [0.29, 0.717) is 13.1 Å². The molecule has 2 N–H and O–H groups in total. The van der Waals surface area contributed by atoms with E-state index in [1.54, 1.807) is 7.05 Å². The van der Waals surface area contributed by atoms with Crippen LogP contribution < -0.4 is 15.4 Å². The standard InChI is InChI=1S/C23H29N5O.HI/c1-16-7-10-19(21(11-16)29-15-18-8-9-18)12-25-23(24-3)26-13-20-14-28-17(2)5-4-6-22(28)27-20;/h4-7,10-11,14,18H,8-9,12-13,15H2,1-3H3,(H2,24,25,26);1H. The third-order valence-corrected chi connectivity index (χ3v) is 5.25. The van der Waals surface area contributed by atoms with Gasteiger partial charge in [0.1, 0.15) is 11.4 Å². The molecule has 1 aliphatic carbocycles. The summed E-state index contributed by atoms with van der Waals surface area (Å²) in [4.78, 5) is 9.01. The summed E-state index contributed by atoms with van der Waals surface area (Å²) in [5.74, 6) is 2.45. The van der Waals surface area contributed by atoms with Gasteiger partial charge in [-0.25, -0.2) is 4.98 Å². The molecule has 0 radical (unpaired) electrons. The maximum atomic E-state index is 6.07. The highest BCUT2D eigenvalue weighted by Crippen LogP contribution is 2.30. The lowest BCUT2D eigenvalue weighted by molar-refractivity contribution is 0.296. The summed E-state index contributed by atoms with van der Waals surface area (Å²) in [5, 5.41) is 6.74. The zero-order valence-corrected chi connectivity index (χ0v) is 20.1. The van der Waals surface area contributed by atoms with Crippen LogP contribution in [0.5, 0.6) is 5.75 Å². The number of aryl methyl sites for hydroxylation is 2. The number of nitrogens with zero attached hydrogens (tertiary/aromatic N) is 3. The predicted molar refractivity (Wildman–Crippen MR) is 132 cm³/mol. The van der Waals surface area contributed by atoms with E-state index in [4.69, 9.17) is 4.74 Å².